The maximum absolute atomic E-state index is 12.1. The Kier molecular flexibility index (Phi) is 4.67. The second kappa shape index (κ2) is 5.79. The van der Waals surface area contributed by atoms with Crippen molar-refractivity contribution in [3.05, 3.63) is 28.2 Å². The van der Waals surface area contributed by atoms with Gasteiger partial charge >= 0.3 is 12.6 Å². The molecule has 0 unspecified atom stereocenters. The maximum Gasteiger partial charge on any atom is 0.387 e. The molecule has 0 heterocycles. The van der Waals surface area contributed by atoms with Crippen molar-refractivity contribution >= 4 is 21.9 Å². The van der Waals surface area contributed by atoms with Gasteiger partial charge in [0.05, 0.1) is 11.1 Å². The minimum atomic E-state index is -2.99. The van der Waals surface area contributed by atoms with E-state index in [2.05, 4.69) is 20.7 Å². The molecule has 0 amide bonds. The van der Waals surface area contributed by atoms with Gasteiger partial charge in [0.1, 0.15) is 5.56 Å². The Morgan fingerprint density at radius 1 is 1.50 bits per heavy atom. The highest BCUT2D eigenvalue weighted by Gasteiger charge is 2.19. The number of hydrogen-bond donors (Lipinski definition) is 0. The monoisotopic (exact) mass is 294 g/mol. The van der Waals surface area contributed by atoms with Crippen molar-refractivity contribution in [1.29, 1.82) is 0 Å². The Morgan fingerprint density at radius 3 is 2.75 bits per heavy atom. The van der Waals surface area contributed by atoms with E-state index in [0.717, 1.165) is 0 Å². The predicted octanol–water partition coefficient (Wildman–Crippen LogP) is 3.23. The van der Waals surface area contributed by atoms with E-state index in [1.54, 1.807) is 6.92 Å². The lowest BCUT2D eigenvalue weighted by molar-refractivity contribution is -0.0509. The van der Waals surface area contributed by atoms with Crippen LogP contribution in [0.15, 0.2) is 22.7 Å². The van der Waals surface area contributed by atoms with Gasteiger partial charge < -0.3 is 9.47 Å². The highest BCUT2D eigenvalue weighted by Crippen LogP contribution is 2.30. The Hall–Kier alpha value is -1.17. The lowest BCUT2D eigenvalue weighted by Gasteiger charge is -2.11. The molecule has 0 N–H and O–H groups in total. The van der Waals surface area contributed by atoms with Gasteiger partial charge in [0.2, 0.25) is 0 Å². The van der Waals surface area contributed by atoms with Gasteiger partial charge in [0.15, 0.2) is 5.75 Å². The first kappa shape index (κ1) is 12.9. The minimum Gasteiger partial charge on any atom is -0.462 e. The number of carbonyl (C=O) groups excluding carboxylic acids is 1. The topological polar surface area (TPSA) is 35.5 Å². The molecule has 1 aromatic carbocycles. The summed E-state index contributed by atoms with van der Waals surface area (Å²) in [4.78, 5) is 11.4. The van der Waals surface area contributed by atoms with Crippen LogP contribution in [0.25, 0.3) is 0 Å². The van der Waals surface area contributed by atoms with Crippen LogP contribution in [0.4, 0.5) is 8.78 Å². The molecule has 1 aromatic rings. The summed E-state index contributed by atoms with van der Waals surface area (Å²) in [6.07, 6.45) is 0. The van der Waals surface area contributed by atoms with E-state index in [0.29, 0.717) is 0 Å². The third-order valence-electron chi connectivity index (χ3n) is 1.67. The zero-order chi connectivity index (χ0) is 12.1. The van der Waals surface area contributed by atoms with Crippen molar-refractivity contribution in [3.63, 3.8) is 0 Å². The molecule has 6 heteroatoms. The molecule has 0 aliphatic heterocycles. The highest BCUT2D eigenvalue weighted by atomic mass is 79.9. The molecule has 1 rings (SSSR count). The maximum atomic E-state index is 12.1. The van der Waals surface area contributed by atoms with E-state index in [1.807, 2.05) is 0 Å². The summed E-state index contributed by atoms with van der Waals surface area (Å²) in [5.74, 6) is -0.907. The van der Waals surface area contributed by atoms with Gasteiger partial charge in [0, 0.05) is 0 Å². The Morgan fingerprint density at radius 2 is 2.19 bits per heavy atom. The van der Waals surface area contributed by atoms with Gasteiger partial charge in [-0.2, -0.15) is 8.78 Å². The van der Waals surface area contributed by atoms with Crippen LogP contribution < -0.4 is 4.74 Å². The van der Waals surface area contributed by atoms with Crippen LogP contribution >= 0.6 is 15.9 Å². The zero-order valence-corrected chi connectivity index (χ0v) is 9.96. The molecule has 88 valence electrons. The molecule has 0 aliphatic rings. The quantitative estimate of drug-likeness (QED) is 0.800. The van der Waals surface area contributed by atoms with Gasteiger partial charge in [-0.15, -0.1) is 0 Å². The van der Waals surface area contributed by atoms with Gasteiger partial charge in [0.25, 0.3) is 0 Å². The van der Waals surface area contributed by atoms with Crippen LogP contribution in [0.2, 0.25) is 0 Å². The van der Waals surface area contributed by atoms with Gasteiger partial charge in [-0.1, -0.05) is 6.07 Å². The number of halogens is 3. The summed E-state index contributed by atoms with van der Waals surface area (Å²) in [5.41, 5.74) is -0.0310. The number of esters is 1. The largest absolute Gasteiger partial charge is 0.462 e. The third kappa shape index (κ3) is 3.16. The summed E-state index contributed by atoms with van der Waals surface area (Å²) >= 11 is 3.03. The van der Waals surface area contributed by atoms with Crippen LogP contribution in [0, 0.1) is 0 Å². The van der Waals surface area contributed by atoms with Crippen molar-refractivity contribution in [2.75, 3.05) is 6.61 Å². The summed E-state index contributed by atoms with van der Waals surface area (Å²) < 4.78 is 33.5. The van der Waals surface area contributed by atoms with E-state index in [9.17, 15) is 13.6 Å². The van der Waals surface area contributed by atoms with Crippen LogP contribution in [-0.2, 0) is 4.74 Å². The van der Waals surface area contributed by atoms with Crippen molar-refractivity contribution < 1.29 is 23.0 Å². The van der Waals surface area contributed by atoms with Crippen LogP contribution in [0.5, 0.6) is 5.75 Å². The number of benzene rings is 1. The first-order valence-corrected chi connectivity index (χ1v) is 5.26. The zero-order valence-electron chi connectivity index (χ0n) is 8.38. The van der Waals surface area contributed by atoms with Crippen molar-refractivity contribution in [2.45, 2.75) is 13.5 Å². The molecule has 0 saturated carbocycles. The Balaban J connectivity index is 3.07. The lowest BCUT2D eigenvalue weighted by Crippen LogP contribution is -2.10. The van der Waals surface area contributed by atoms with E-state index >= 15 is 0 Å². The van der Waals surface area contributed by atoms with Gasteiger partial charge in [-0.25, -0.2) is 4.79 Å². The SMILES string of the molecule is CCOC(=O)c1cccc(Br)c1OC(F)F. The van der Waals surface area contributed by atoms with E-state index in [1.165, 1.54) is 18.2 Å². The van der Waals surface area contributed by atoms with Crippen molar-refractivity contribution in [1.82, 2.24) is 0 Å². The molecular weight excluding hydrogens is 286 g/mol. The van der Waals surface area contributed by atoms with E-state index in [-0.39, 0.29) is 22.4 Å². The second-order valence-corrected chi connectivity index (χ2v) is 3.57. The Labute approximate surface area is 99.5 Å². The van der Waals surface area contributed by atoms with E-state index < -0.39 is 12.6 Å². The van der Waals surface area contributed by atoms with Gasteiger partial charge in [-0.3, -0.25) is 0 Å². The first-order chi connectivity index (χ1) is 7.56. The third-order valence-corrected chi connectivity index (χ3v) is 2.29. The fourth-order valence-electron chi connectivity index (χ4n) is 1.09. The summed E-state index contributed by atoms with van der Waals surface area (Å²) in [6, 6.07) is 4.40. The van der Waals surface area contributed by atoms with E-state index in [4.69, 9.17) is 4.74 Å². The Bertz CT molecular complexity index is 382. The second-order valence-electron chi connectivity index (χ2n) is 2.72. The lowest BCUT2D eigenvalue weighted by atomic mass is 10.2. The first-order valence-electron chi connectivity index (χ1n) is 4.46. The smallest absolute Gasteiger partial charge is 0.387 e. The van der Waals surface area contributed by atoms with Crippen LogP contribution in [0.3, 0.4) is 0 Å². The number of ether oxygens (including phenoxy) is 2. The minimum absolute atomic E-state index is 0.0310. The normalized spacial score (nSPS) is 10.3. The highest BCUT2D eigenvalue weighted by molar-refractivity contribution is 9.10. The fraction of sp³-hybridized carbons (Fsp3) is 0.300. The number of alkyl halides is 2. The molecular formula is C10H9BrF2O3. The van der Waals surface area contributed by atoms with Crippen molar-refractivity contribution in [3.8, 4) is 5.75 Å². The molecule has 3 nitrogen and oxygen atoms in total. The molecule has 16 heavy (non-hydrogen) atoms. The predicted molar refractivity (Wildman–Crippen MR) is 56.7 cm³/mol. The number of carbonyl (C=O) groups is 1. The van der Waals surface area contributed by atoms with Crippen LogP contribution in [0.1, 0.15) is 17.3 Å². The van der Waals surface area contributed by atoms with Crippen molar-refractivity contribution in [2.24, 2.45) is 0 Å². The standard InChI is InChI=1S/C10H9BrF2O3/c1-2-15-9(14)6-4-3-5-7(11)8(6)16-10(12)13/h3-5,10H,2H2,1H3. The molecule has 0 fully saturated rings. The molecule has 0 aliphatic carbocycles. The fourth-order valence-corrected chi connectivity index (χ4v) is 1.55. The molecule has 0 atom stereocenters. The summed E-state index contributed by atoms with van der Waals surface area (Å²) in [7, 11) is 0. The molecule has 0 spiro atoms. The molecule has 0 aromatic heterocycles. The number of rotatable bonds is 4. The van der Waals surface area contributed by atoms with Gasteiger partial charge in [-0.05, 0) is 35.0 Å². The summed E-state index contributed by atoms with van der Waals surface area (Å²) in [5, 5.41) is 0. The number of para-hydroxylation sites is 1. The van der Waals surface area contributed by atoms with Crippen LogP contribution in [-0.4, -0.2) is 19.2 Å². The molecule has 0 radical (unpaired) electrons. The molecule has 0 bridgehead atoms. The molecule has 0 saturated heterocycles. The average molecular weight is 295 g/mol. The summed E-state index contributed by atoms with van der Waals surface area (Å²) in [6.45, 7) is -1.20. The average Bonchev–Trinajstić information content (AvgIpc) is 2.20. The number of hydrogen-bond acceptors (Lipinski definition) is 3.